The van der Waals surface area contributed by atoms with Gasteiger partial charge in [0.2, 0.25) is 0 Å². The molecule has 1 heterocycles. The van der Waals surface area contributed by atoms with Crippen molar-refractivity contribution in [3.63, 3.8) is 0 Å². The molecule has 0 saturated heterocycles. The van der Waals surface area contributed by atoms with Crippen molar-refractivity contribution < 1.29 is 4.79 Å². The number of ketones is 1. The van der Waals surface area contributed by atoms with Crippen LogP contribution >= 0.6 is 15.9 Å². The highest BCUT2D eigenvalue weighted by Gasteiger charge is 2.12. The van der Waals surface area contributed by atoms with Crippen LogP contribution in [-0.4, -0.2) is 10.8 Å². The van der Waals surface area contributed by atoms with E-state index < -0.39 is 0 Å². The first-order chi connectivity index (χ1) is 7.68. The van der Waals surface area contributed by atoms with Crippen LogP contribution in [0, 0.1) is 0 Å². The monoisotopic (exact) mass is 276 g/mol. The van der Waals surface area contributed by atoms with E-state index in [1.807, 2.05) is 0 Å². The van der Waals surface area contributed by atoms with Gasteiger partial charge >= 0.3 is 0 Å². The second-order valence-corrected chi connectivity index (χ2v) is 4.22. The third kappa shape index (κ3) is 2.12. The lowest BCUT2D eigenvalue weighted by atomic mass is 10.0. The number of aromatic nitrogens is 1. The predicted octanol–water partition coefficient (Wildman–Crippen LogP) is 2.66. The summed E-state index contributed by atoms with van der Waals surface area (Å²) < 4.78 is 0.828. The molecule has 1 aromatic heterocycles. The van der Waals surface area contributed by atoms with Crippen LogP contribution < -0.4 is 5.73 Å². The third-order valence-electron chi connectivity index (χ3n) is 2.18. The first kappa shape index (κ1) is 10.8. The summed E-state index contributed by atoms with van der Waals surface area (Å²) >= 11 is 3.31. The molecule has 16 heavy (non-hydrogen) atoms. The molecule has 0 spiro atoms. The smallest absolute Gasteiger partial charge is 0.196 e. The summed E-state index contributed by atoms with van der Waals surface area (Å²) in [5, 5.41) is 0. The fraction of sp³-hybridized carbons (Fsp3) is 0. The molecular weight excluding hydrogens is 268 g/mol. The highest BCUT2D eigenvalue weighted by Crippen LogP contribution is 2.21. The van der Waals surface area contributed by atoms with Gasteiger partial charge in [0.1, 0.15) is 0 Å². The molecule has 3 nitrogen and oxygen atoms in total. The van der Waals surface area contributed by atoms with Gasteiger partial charge in [-0.3, -0.25) is 9.78 Å². The molecule has 0 aliphatic rings. The van der Waals surface area contributed by atoms with Gasteiger partial charge in [-0.25, -0.2) is 0 Å². The van der Waals surface area contributed by atoms with E-state index in [1.54, 1.807) is 36.5 Å². The van der Waals surface area contributed by atoms with Crippen LogP contribution in [-0.2, 0) is 0 Å². The van der Waals surface area contributed by atoms with Crippen LogP contribution in [0.15, 0.2) is 47.2 Å². The van der Waals surface area contributed by atoms with Crippen LogP contribution in [0.1, 0.15) is 15.9 Å². The Morgan fingerprint density at radius 3 is 2.81 bits per heavy atom. The average molecular weight is 277 g/mol. The molecule has 0 fully saturated rings. The number of hydrogen-bond acceptors (Lipinski definition) is 3. The average Bonchev–Trinajstić information content (AvgIpc) is 2.32. The molecule has 2 N–H and O–H groups in total. The summed E-state index contributed by atoms with van der Waals surface area (Å²) in [6.07, 6.45) is 3.16. The van der Waals surface area contributed by atoms with Crippen molar-refractivity contribution in [1.29, 1.82) is 0 Å². The zero-order chi connectivity index (χ0) is 11.5. The Morgan fingerprint density at radius 2 is 2.12 bits per heavy atom. The van der Waals surface area contributed by atoms with Crippen LogP contribution in [0.2, 0.25) is 0 Å². The van der Waals surface area contributed by atoms with Gasteiger partial charge in [0, 0.05) is 33.7 Å². The zero-order valence-electron chi connectivity index (χ0n) is 8.35. The molecule has 0 radical (unpaired) electrons. The maximum Gasteiger partial charge on any atom is 0.196 e. The molecular formula is C12H9BrN2O. The molecule has 0 amide bonds. The number of rotatable bonds is 2. The van der Waals surface area contributed by atoms with E-state index >= 15 is 0 Å². The van der Waals surface area contributed by atoms with E-state index in [-0.39, 0.29) is 5.78 Å². The van der Waals surface area contributed by atoms with Gasteiger partial charge in [-0.1, -0.05) is 15.9 Å². The van der Waals surface area contributed by atoms with Gasteiger partial charge in [-0.05, 0) is 30.3 Å². The Bertz CT molecular complexity index is 526. The fourth-order valence-corrected chi connectivity index (χ4v) is 1.74. The molecule has 0 bridgehead atoms. The van der Waals surface area contributed by atoms with Gasteiger partial charge in [-0.15, -0.1) is 0 Å². The first-order valence-electron chi connectivity index (χ1n) is 4.68. The van der Waals surface area contributed by atoms with Crippen LogP contribution in [0.4, 0.5) is 5.69 Å². The van der Waals surface area contributed by atoms with E-state index in [4.69, 9.17) is 5.73 Å². The number of nitrogen functional groups attached to an aromatic ring is 1. The minimum Gasteiger partial charge on any atom is -0.398 e. The van der Waals surface area contributed by atoms with Gasteiger partial charge in [0.05, 0.1) is 0 Å². The second kappa shape index (κ2) is 4.45. The van der Waals surface area contributed by atoms with Gasteiger partial charge in [0.25, 0.3) is 0 Å². The number of anilines is 1. The largest absolute Gasteiger partial charge is 0.398 e. The summed E-state index contributed by atoms with van der Waals surface area (Å²) in [6.45, 7) is 0. The van der Waals surface area contributed by atoms with E-state index in [9.17, 15) is 4.79 Å². The molecule has 0 saturated carbocycles. The highest BCUT2D eigenvalue weighted by molar-refractivity contribution is 9.10. The van der Waals surface area contributed by atoms with Crippen molar-refractivity contribution >= 4 is 27.4 Å². The van der Waals surface area contributed by atoms with E-state index in [1.165, 1.54) is 6.20 Å². The molecule has 0 aliphatic carbocycles. The van der Waals surface area contributed by atoms with Crippen LogP contribution in [0.25, 0.3) is 0 Å². The number of pyridine rings is 1. The van der Waals surface area contributed by atoms with Crippen molar-refractivity contribution in [2.24, 2.45) is 0 Å². The van der Waals surface area contributed by atoms with Crippen molar-refractivity contribution in [2.75, 3.05) is 5.73 Å². The van der Waals surface area contributed by atoms with Crippen LogP contribution in [0.5, 0.6) is 0 Å². The fourth-order valence-electron chi connectivity index (χ4n) is 1.38. The normalized spacial score (nSPS) is 10.1. The number of carbonyl (C=O) groups excluding carboxylic acids is 1. The number of carbonyl (C=O) groups is 1. The van der Waals surface area contributed by atoms with Gasteiger partial charge in [0.15, 0.2) is 5.78 Å². The van der Waals surface area contributed by atoms with Crippen molar-refractivity contribution in [3.05, 3.63) is 58.3 Å². The van der Waals surface area contributed by atoms with Crippen molar-refractivity contribution in [3.8, 4) is 0 Å². The lowest BCUT2D eigenvalue weighted by Gasteiger charge is -2.04. The van der Waals surface area contributed by atoms with Crippen molar-refractivity contribution in [2.45, 2.75) is 0 Å². The predicted molar refractivity (Wildman–Crippen MR) is 66.2 cm³/mol. The number of benzene rings is 1. The molecule has 4 heteroatoms. The first-order valence-corrected chi connectivity index (χ1v) is 5.47. The maximum atomic E-state index is 12.1. The molecule has 0 aliphatic heterocycles. The molecule has 0 atom stereocenters. The number of nitrogens with zero attached hydrogens (tertiary/aromatic N) is 1. The minimum atomic E-state index is -0.119. The summed E-state index contributed by atoms with van der Waals surface area (Å²) in [6, 6.07) is 8.66. The summed E-state index contributed by atoms with van der Waals surface area (Å²) in [4.78, 5) is 16.0. The van der Waals surface area contributed by atoms with Crippen LogP contribution in [0.3, 0.4) is 0 Å². The summed E-state index contributed by atoms with van der Waals surface area (Å²) in [5.41, 5.74) is 7.26. The molecule has 2 rings (SSSR count). The molecule has 0 unspecified atom stereocenters. The molecule has 1 aromatic carbocycles. The quantitative estimate of drug-likeness (QED) is 0.678. The number of hydrogen-bond donors (Lipinski definition) is 1. The maximum absolute atomic E-state index is 12.1. The Labute approximate surface area is 101 Å². The SMILES string of the molecule is Nc1ccc(Br)cc1C(=O)c1cccnc1. The van der Waals surface area contributed by atoms with Gasteiger partial charge < -0.3 is 5.73 Å². The Hall–Kier alpha value is -1.68. The standard InChI is InChI=1S/C12H9BrN2O/c13-9-3-4-11(14)10(6-9)12(16)8-2-1-5-15-7-8/h1-7H,14H2. The third-order valence-corrected chi connectivity index (χ3v) is 2.68. The topological polar surface area (TPSA) is 56.0 Å². The highest BCUT2D eigenvalue weighted by atomic mass is 79.9. The van der Waals surface area contributed by atoms with E-state index in [2.05, 4.69) is 20.9 Å². The lowest BCUT2D eigenvalue weighted by Crippen LogP contribution is -2.05. The second-order valence-electron chi connectivity index (χ2n) is 3.30. The Balaban J connectivity index is 2.46. The number of halogens is 1. The zero-order valence-corrected chi connectivity index (χ0v) is 9.94. The summed E-state index contributed by atoms with van der Waals surface area (Å²) in [7, 11) is 0. The van der Waals surface area contributed by atoms with E-state index in [0.29, 0.717) is 16.8 Å². The van der Waals surface area contributed by atoms with Crippen molar-refractivity contribution in [1.82, 2.24) is 4.98 Å². The number of nitrogens with two attached hydrogens (primary N) is 1. The summed E-state index contributed by atoms with van der Waals surface area (Å²) in [5.74, 6) is -0.119. The molecule has 2 aromatic rings. The van der Waals surface area contributed by atoms with E-state index in [0.717, 1.165) is 4.47 Å². The van der Waals surface area contributed by atoms with Gasteiger partial charge in [-0.2, -0.15) is 0 Å². The Morgan fingerprint density at radius 1 is 1.31 bits per heavy atom. The Kier molecular flexibility index (Phi) is 3.01. The molecule has 80 valence electrons. The minimum absolute atomic E-state index is 0.119. The lowest BCUT2D eigenvalue weighted by molar-refractivity contribution is 0.103.